The molecular weight excluding hydrogens is 266 g/mol. The van der Waals surface area contributed by atoms with E-state index in [0.29, 0.717) is 18.1 Å². The summed E-state index contributed by atoms with van der Waals surface area (Å²) in [6, 6.07) is 0. The number of thiazole rings is 1. The molecule has 1 aliphatic rings. The Morgan fingerprint density at radius 3 is 3.00 bits per heavy atom. The molecule has 19 heavy (non-hydrogen) atoms. The summed E-state index contributed by atoms with van der Waals surface area (Å²) in [7, 11) is 0. The van der Waals surface area contributed by atoms with Crippen molar-refractivity contribution >= 4 is 28.3 Å². The van der Waals surface area contributed by atoms with Crippen molar-refractivity contribution < 1.29 is 14.7 Å². The van der Waals surface area contributed by atoms with E-state index >= 15 is 0 Å². The number of carboxylic acids is 1. The van der Waals surface area contributed by atoms with Gasteiger partial charge in [-0.1, -0.05) is 0 Å². The van der Waals surface area contributed by atoms with E-state index in [9.17, 15) is 14.7 Å². The minimum absolute atomic E-state index is 0.155. The van der Waals surface area contributed by atoms with E-state index in [2.05, 4.69) is 10.3 Å². The molecule has 104 valence electrons. The molecule has 0 aliphatic carbocycles. The third-order valence-corrected chi connectivity index (χ3v) is 4.24. The highest BCUT2D eigenvalue weighted by Crippen LogP contribution is 2.31. The molecule has 2 rings (SSSR count). The van der Waals surface area contributed by atoms with Crippen LogP contribution in [0.2, 0.25) is 0 Å². The second-order valence-electron chi connectivity index (χ2n) is 4.93. The molecule has 0 saturated carbocycles. The van der Waals surface area contributed by atoms with Crippen molar-refractivity contribution in [3.8, 4) is 0 Å². The highest BCUT2D eigenvalue weighted by atomic mass is 32.1. The maximum absolute atomic E-state index is 11.4. The monoisotopic (exact) mass is 283 g/mol. The zero-order valence-electron chi connectivity index (χ0n) is 11.0. The van der Waals surface area contributed by atoms with Crippen molar-refractivity contribution in [3.63, 3.8) is 0 Å². The van der Waals surface area contributed by atoms with Crippen LogP contribution in [0, 0.1) is 0 Å². The molecule has 1 unspecified atom stereocenters. The van der Waals surface area contributed by atoms with Gasteiger partial charge < -0.3 is 10.4 Å². The molecule has 1 aliphatic heterocycles. The van der Waals surface area contributed by atoms with Gasteiger partial charge in [0.1, 0.15) is 5.54 Å². The summed E-state index contributed by atoms with van der Waals surface area (Å²) < 4.78 is 0. The predicted octanol–water partition coefficient (Wildman–Crippen LogP) is 1.54. The molecule has 1 amide bonds. The summed E-state index contributed by atoms with van der Waals surface area (Å²) in [5.74, 6) is -0.945. The van der Waals surface area contributed by atoms with Crippen LogP contribution in [-0.2, 0) is 16.1 Å². The number of carbonyl (C=O) groups excluding carboxylic acids is 1. The van der Waals surface area contributed by atoms with Gasteiger partial charge in [-0.3, -0.25) is 14.5 Å². The van der Waals surface area contributed by atoms with Crippen LogP contribution in [0.5, 0.6) is 0 Å². The topological polar surface area (TPSA) is 82.5 Å². The molecule has 1 saturated heterocycles. The molecule has 6 nitrogen and oxygen atoms in total. The first-order valence-corrected chi connectivity index (χ1v) is 7.00. The third kappa shape index (κ3) is 2.93. The molecule has 0 bridgehead atoms. The first kappa shape index (κ1) is 14.0. The Morgan fingerprint density at radius 1 is 1.63 bits per heavy atom. The summed E-state index contributed by atoms with van der Waals surface area (Å²) in [4.78, 5) is 28.5. The van der Waals surface area contributed by atoms with Gasteiger partial charge in [-0.25, -0.2) is 4.98 Å². The first-order chi connectivity index (χ1) is 8.91. The zero-order valence-corrected chi connectivity index (χ0v) is 11.8. The van der Waals surface area contributed by atoms with Gasteiger partial charge in [0.25, 0.3) is 0 Å². The minimum atomic E-state index is -0.808. The number of aliphatic carboxylic acids is 1. The fraction of sp³-hybridized carbons (Fsp3) is 0.583. The van der Waals surface area contributed by atoms with Crippen molar-refractivity contribution in [3.05, 3.63) is 11.1 Å². The lowest BCUT2D eigenvalue weighted by Crippen LogP contribution is -2.47. The van der Waals surface area contributed by atoms with E-state index in [1.807, 2.05) is 10.3 Å². The molecule has 1 atom stereocenters. The summed E-state index contributed by atoms with van der Waals surface area (Å²) in [5.41, 5.74) is -0.0132. The lowest BCUT2D eigenvalue weighted by atomic mass is 9.99. The number of anilines is 1. The third-order valence-electron chi connectivity index (χ3n) is 3.44. The molecule has 7 heteroatoms. The molecule has 2 N–H and O–H groups in total. The van der Waals surface area contributed by atoms with Crippen LogP contribution < -0.4 is 5.32 Å². The van der Waals surface area contributed by atoms with Crippen LogP contribution in [0.15, 0.2) is 5.38 Å². The smallest absolute Gasteiger partial charge is 0.323 e. The van der Waals surface area contributed by atoms with Gasteiger partial charge in [-0.2, -0.15) is 0 Å². The highest BCUT2D eigenvalue weighted by molar-refractivity contribution is 7.13. The van der Waals surface area contributed by atoms with Crippen LogP contribution in [-0.4, -0.2) is 39.0 Å². The van der Waals surface area contributed by atoms with E-state index in [-0.39, 0.29) is 5.91 Å². The van der Waals surface area contributed by atoms with E-state index < -0.39 is 11.5 Å². The fourth-order valence-corrected chi connectivity index (χ4v) is 3.05. The average molecular weight is 283 g/mol. The lowest BCUT2D eigenvalue weighted by molar-refractivity contribution is -0.148. The SMILES string of the molecule is CC(=O)Nc1nc(CN2CCCC2(C)C(=O)O)cs1. The standard InChI is InChI=1S/C12H17N3O3S/c1-8(16)13-11-14-9(7-19-11)6-15-5-3-4-12(15,2)10(17)18/h7H,3-6H2,1-2H3,(H,17,18)(H,13,14,16). The number of nitrogens with one attached hydrogen (secondary N) is 1. The van der Waals surface area contributed by atoms with Crippen molar-refractivity contribution in [1.82, 2.24) is 9.88 Å². The van der Waals surface area contributed by atoms with Gasteiger partial charge in [0.15, 0.2) is 5.13 Å². The predicted molar refractivity (Wildman–Crippen MR) is 72.1 cm³/mol. The largest absolute Gasteiger partial charge is 0.480 e. The van der Waals surface area contributed by atoms with Gasteiger partial charge in [0, 0.05) is 18.8 Å². The van der Waals surface area contributed by atoms with Gasteiger partial charge in [0.2, 0.25) is 5.91 Å². The minimum Gasteiger partial charge on any atom is -0.480 e. The Balaban J connectivity index is 2.06. The summed E-state index contributed by atoms with van der Waals surface area (Å²) >= 11 is 1.35. The molecule has 0 spiro atoms. The van der Waals surface area contributed by atoms with E-state index in [1.165, 1.54) is 18.3 Å². The normalized spacial score (nSPS) is 23.5. The van der Waals surface area contributed by atoms with Crippen molar-refractivity contribution in [2.24, 2.45) is 0 Å². The highest BCUT2D eigenvalue weighted by Gasteiger charge is 2.43. The van der Waals surface area contributed by atoms with Gasteiger partial charge in [-0.15, -0.1) is 11.3 Å². The Morgan fingerprint density at radius 2 is 2.37 bits per heavy atom. The van der Waals surface area contributed by atoms with Crippen LogP contribution in [0.4, 0.5) is 5.13 Å². The summed E-state index contributed by atoms with van der Waals surface area (Å²) in [6.07, 6.45) is 1.54. The number of rotatable bonds is 4. The number of likely N-dealkylation sites (tertiary alicyclic amines) is 1. The Hall–Kier alpha value is -1.47. The number of carbonyl (C=O) groups is 2. The van der Waals surface area contributed by atoms with Crippen LogP contribution in [0.25, 0.3) is 0 Å². The lowest BCUT2D eigenvalue weighted by Gasteiger charge is -2.30. The Bertz CT molecular complexity index is 502. The second-order valence-corrected chi connectivity index (χ2v) is 5.79. The summed E-state index contributed by atoms with van der Waals surface area (Å²) in [5, 5.41) is 14.4. The van der Waals surface area contributed by atoms with Crippen molar-refractivity contribution in [2.75, 3.05) is 11.9 Å². The molecule has 0 aromatic carbocycles. The van der Waals surface area contributed by atoms with Crippen molar-refractivity contribution in [1.29, 1.82) is 0 Å². The van der Waals surface area contributed by atoms with E-state index in [4.69, 9.17) is 0 Å². The number of hydrogen-bond acceptors (Lipinski definition) is 5. The van der Waals surface area contributed by atoms with Gasteiger partial charge in [-0.05, 0) is 26.3 Å². The molecule has 1 aromatic rings. The fourth-order valence-electron chi connectivity index (χ4n) is 2.30. The van der Waals surface area contributed by atoms with Crippen LogP contribution >= 0.6 is 11.3 Å². The average Bonchev–Trinajstić information content (AvgIpc) is 2.88. The van der Waals surface area contributed by atoms with Crippen LogP contribution in [0.3, 0.4) is 0 Å². The van der Waals surface area contributed by atoms with E-state index in [0.717, 1.165) is 18.7 Å². The summed E-state index contributed by atoms with van der Waals surface area (Å²) in [6.45, 7) is 4.45. The Kier molecular flexibility index (Phi) is 3.86. The number of carboxylic acid groups (broad SMARTS) is 1. The zero-order chi connectivity index (χ0) is 14.0. The maximum atomic E-state index is 11.4. The Labute approximate surface area is 115 Å². The van der Waals surface area contributed by atoms with E-state index in [1.54, 1.807) is 6.92 Å². The van der Waals surface area contributed by atoms with Crippen LogP contribution in [0.1, 0.15) is 32.4 Å². The van der Waals surface area contributed by atoms with Gasteiger partial charge in [0.05, 0.1) is 5.69 Å². The molecule has 1 aromatic heterocycles. The maximum Gasteiger partial charge on any atom is 0.323 e. The first-order valence-electron chi connectivity index (χ1n) is 6.12. The molecule has 1 fully saturated rings. The number of amides is 1. The van der Waals surface area contributed by atoms with Gasteiger partial charge >= 0.3 is 5.97 Å². The number of hydrogen-bond donors (Lipinski definition) is 2. The second kappa shape index (κ2) is 5.26. The molecule has 2 heterocycles. The number of nitrogens with zero attached hydrogens (tertiary/aromatic N) is 2. The molecule has 0 radical (unpaired) electrons. The van der Waals surface area contributed by atoms with Crippen molar-refractivity contribution in [2.45, 2.75) is 38.8 Å². The molecular formula is C12H17N3O3S. The number of aromatic nitrogens is 1. The quantitative estimate of drug-likeness (QED) is 0.876.